The van der Waals surface area contributed by atoms with Crippen molar-refractivity contribution in [3.8, 4) is 11.5 Å². The average Bonchev–Trinajstić information content (AvgIpc) is 2.81. The van der Waals surface area contributed by atoms with Gasteiger partial charge in [-0.1, -0.05) is 18.6 Å². The fourth-order valence-corrected chi connectivity index (χ4v) is 4.40. The zero-order chi connectivity index (χ0) is 18.5. The third-order valence-electron chi connectivity index (χ3n) is 4.32. The molecule has 2 N–H and O–H groups in total. The molecule has 3 rings (SSSR count). The number of carbonyl (C=O) groups is 2. The largest absolute Gasteiger partial charge is 0.493 e. The minimum Gasteiger partial charge on any atom is -0.493 e. The quantitative estimate of drug-likeness (QED) is 0.751. The molecule has 1 aliphatic carbocycles. The number of aromatic carboxylic acids is 1. The molecule has 6 nitrogen and oxygen atoms in total. The maximum atomic E-state index is 12.3. The van der Waals surface area contributed by atoms with E-state index in [0.29, 0.717) is 16.5 Å². The summed E-state index contributed by atoms with van der Waals surface area (Å²) in [6.07, 6.45) is 4.76. The number of fused-ring (bicyclic) bond motifs is 1. The van der Waals surface area contributed by atoms with Gasteiger partial charge in [-0.3, -0.25) is 4.79 Å². The van der Waals surface area contributed by atoms with E-state index in [9.17, 15) is 14.7 Å². The van der Waals surface area contributed by atoms with Crippen LogP contribution in [0.5, 0.6) is 11.5 Å². The van der Waals surface area contributed by atoms with Gasteiger partial charge in [0, 0.05) is 4.88 Å². The number of rotatable bonds is 6. The molecule has 0 unspecified atom stereocenters. The van der Waals surface area contributed by atoms with Crippen LogP contribution in [0.25, 0.3) is 0 Å². The Balaban J connectivity index is 1.72. The molecule has 1 heterocycles. The highest BCUT2D eigenvalue weighted by Crippen LogP contribution is 2.37. The Labute approximate surface area is 155 Å². The first-order chi connectivity index (χ1) is 12.6. The number of methoxy groups -OCH3 is 1. The van der Waals surface area contributed by atoms with Gasteiger partial charge in [0.25, 0.3) is 5.91 Å². The summed E-state index contributed by atoms with van der Waals surface area (Å²) in [5.74, 6) is -0.389. The predicted octanol–water partition coefficient (Wildman–Crippen LogP) is 3.74. The Morgan fingerprint density at radius 1 is 1.15 bits per heavy atom. The van der Waals surface area contributed by atoms with E-state index in [0.717, 1.165) is 42.5 Å². The van der Waals surface area contributed by atoms with Crippen molar-refractivity contribution in [2.45, 2.75) is 32.1 Å². The Hall–Kier alpha value is -2.54. The predicted molar refractivity (Wildman–Crippen MR) is 99.7 cm³/mol. The Kier molecular flexibility index (Phi) is 5.78. The number of ether oxygens (including phenoxy) is 2. The number of thiophene rings is 1. The van der Waals surface area contributed by atoms with Crippen molar-refractivity contribution >= 4 is 28.2 Å². The zero-order valence-corrected chi connectivity index (χ0v) is 15.4. The van der Waals surface area contributed by atoms with Crippen LogP contribution in [0.15, 0.2) is 24.3 Å². The maximum Gasteiger partial charge on any atom is 0.339 e. The summed E-state index contributed by atoms with van der Waals surface area (Å²) in [5, 5.41) is 12.7. The second-order valence-corrected chi connectivity index (χ2v) is 7.17. The lowest BCUT2D eigenvalue weighted by atomic mass is 10.1. The Bertz CT molecular complexity index is 814. The van der Waals surface area contributed by atoms with E-state index in [2.05, 4.69) is 5.32 Å². The van der Waals surface area contributed by atoms with Crippen molar-refractivity contribution in [3.05, 3.63) is 40.3 Å². The molecular weight excluding hydrogens is 354 g/mol. The minimum absolute atomic E-state index is 0.220. The Morgan fingerprint density at radius 3 is 2.62 bits per heavy atom. The third-order valence-corrected chi connectivity index (χ3v) is 5.52. The molecule has 0 bridgehead atoms. The van der Waals surface area contributed by atoms with E-state index in [1.807, 2.05) is 6.07 Å². The van der Waals surface area contributed by atoms with Gasteiger partial charge in [0.1, 0.15) is 5.00 Å². The summed E-state index contributed by atoms with van der Waals surface area (Å²) >= 11 is 1.37. The lowest BCUT2D eigenvalue weighted by Crippen LogP contribution is -2.21. The highest BCUT2D eigenvalue weighted by molar-refractivity contribution is 7.17. The molecule has 7 heteroatoms. The van der Waals surface area contributed by atoms with E-state index in [1.165, 1.54) is 18.4 Å². The maximum absolute atomic E-state index is 12.3. The van der Waals surface area contributed by atoms with Crippen LogP contribution in [0.1, 0.15) is 40.1 Å². The molecule has 0 saturated heterocycles. The van der Waals surface area contributed by atoms with Gasteiger partial charge in [0.05, 0.1) is 12.7 Å². The second-order valence-electron chi connectivity index (χ2n) is 6.06. The van der Waals surface area contributed by atoms with Gasteiger partial charge in [0.15, 0.2) is 18.1 Å². The molecule has 1 aromatic heterocycles. The van der Waals surface area contributed by atoms with Crippen molar-refractivity contribution in [3.63, 3.8) is 0 Å². The van der Waals surface area contributed by atoms with Crippen LogP contribution in [-0.2, 0) is 17.6 Å². The van der Waals surface area contributed by atoms with E-state index < -0.39 is 11.9 Å². The molecule has 0 spiro atoms. The fraction of sp³-hybridized carbons (Fsp3) is 0.368. The van der Waals surface area contributed by atoms with Crippen molar-refractivity contribution < 1.29 is 24.2 Å². The minimum atomic E-state index is -0.995. The molecule has 1 aromatic carbocycles. The molecule has 138 valence electrons. The molecule has 26 heavy (non-hydrogen) atoms. The number of hydrogen-bond acceptors (Lipinski definition) is 5. The summed E-state index contributed by atoms with van der Waals surface area (Å²) in [7, 11) is 1.53. The first-order valence-corrected chi connectivity index (χ1v) is 9.35. The van der Waals surface area contributed by atoms with Crippen LogP contribution in [0.3, 0.4) is 0 Å². The number of carboxylic acids is 1. The van der Waals surface area contributed by atoms with Gasteiger partial charge in [-0.15, -0.1) is 11.3 Å². The molecule has 0 fully saturated rings. The number of amides is 1. The van der Waals surface area contributed by atoms with Gasteiger partial charge in [0.2, 0.25) is 0 Å². The van der Waals surface area contributed by atoms with Gasteiger partial charge < -0.3 is 19.9 Å². The number of para-hydroxylation sites is 2. The molecule has 2 aromatic rings. The summed E-state index contributed by atoms with van der Waals surface area (Å²) in [5.41, 5.74) is 1.11. The SMILES string of the molecule is COc1ccccc1OCC(=O)Nc1sc2c(c1C(=O)O)CCCCC2. The van der Waals surface area contributed by atoms with E-state index in [1.54, 1.807) is 18.2 Å². The van der Waals surface area contributed by atoms with Crippen LogP contribution in [0.2, 0.25) is 0 Å². The fourth-order valence-electron chi connectivity index (χ4n) is 3.10. The molecule has 1 aliphatic rings. The van der Waals surface area contributed by atoms with Crippen LogP contribution >= 0.6 is 11.3 Å². The van der Waals surface area contributed by atoms with Gasteiger partial charge in [-0.25, -0.2) is 4.79 Å². The number of carbonyl (C=O) groups excluding carboxylic acids is 1. The third kappa shape index (κ3) is 3.99. The average molecular weight is 375 g/mol. The number of aryl methyl sites for hydroxylation is 1. The van der Waals surface area contributed by atoms with Gasteiger partial charge in [-0.2, -0.15) is 0 Å². The number of hydrogen-bond donors (Lipinski definition) is 2. The Morgan fingerprint density at radius 2 is 1.88 bits per heavy atom. The lowest BCUT2D eigenvalue weighted by molar-refractivity contribution is -0.118. The summed E-state index contributed by atoms with van der Waals surface area (Å²) < 4.78 is 10.7. The van der Waals surface area contributed by atoms with Gasteiger partial charge in [-0.05, 0) is 43.4 Å². The first kappa shape index (κ1) is 18.3. The van der Waals surface area contributed by atoms with Gasteiger partial charge >= 0.3 is 5.97 Å². The molecule has 0 aliphatic heterocycles. The lowest BCUT2D eigenvalue weighted by Gasteiger charge is -2.10. The molecule has 1 amide bonds. The van der Waals surface area contributed by atoms with E-state index in [-0.39, 0.29) is 12.2 Å². The van der Waals surface area contributed by atoms with Crippen LogP contribution in [0, 0.1) is 0 Å². The van der Waals surface area contributed by atoms with Crippen LogP contribution < -0.4 is 14.8 Å². The molecular formula is C19H21NO5S. The topological polar surface area (TPSA) is 84.9 Å². The van der Waals surface area contributed by atoms with Crippen LogP contribution in [0.4, 0.5) is 5.00 Å². The number of anilines is 1. The van der Waals surface area contributed by atoms with Crippen LogP contribution in [-0.4, -0.2) is 30.7 Å². The van der Waals surface area contributed by atoms with Crippen molar-refractivity contribution in [1.29, 1.82) is 0 Å². The highest BCUT2D eigenvalue weighted by Gasteiger charge is 2.25. The van der Waals surface area contributed by atoms with Crippen molar-refractivity contribution in [2.24, 2.45) is 0 Å². The highest BCUT2D eigenvalue weighted by atomic mass is 32.1. The first-order valence-electron chi connectivity index (χ1n) is 8.53. The summed E-state index contributed by atoms with van der Waals surface area (Å²) in [4.78, 5) is 25.1. The smallest absolute Gasteiger partial charge is 0.339 e. The molecule has 0 radical (unpaired) electrons. The number of carboxylic acid groups (broad SMARTS) is 1. The monoisotopic (exact) mass is 375 g/mol. The van der Waals surface area contributed by atoms with Crippen molar-refractivity contribution in [1.82, 2.24) is 0 Å². The number of benzene rings is 1. The zero-order valence-electron chi connectivity index (χ0n) is 14.5. The second kappa shape index (κ2) is 8.23. The molecule has 0 saturated carbocycles. The summed E-state index contributed by atoms with van der Waals surface area (Å²) in [6, 6.07) is 7.05. The van der Waals surface area contributed by atoms with Crippen molar-refractivity contribution in [2.75, 3.05) is 19.0 Å². The standard InChI is InChI=1S/C19H21NO5S/c1-24-13-8-5-6-9-14(13)25-11-16(21)20-18-17(19(22)23)12-7-3-2-4-10-15(12)26-18/h5-6,8-9H,2-4,7,10-11H2,1H3,(H,20,21)(H,22,23). The summed E-state index contributed by atoms with van der Waals surface area (Å²) in [6.45, 7) is -0.220. The number of nitrogens with one attached hydrogen (secondary N) is 1. The van der Waals surface area contributed by atoms with E-state index >= 15 is 0 Å². The van der Waals surface area contributed by atoms with E-state index in [4.69, 9.17) is 9.47 Å². The molecule has 0 atom stereocenters. The normalized spacial score (nSPS) is 13.4.